The van der Waals surface area contributed by atoms with Crippen molar-refractivity contribution in [3.63, 3.8) is 0 Å². The molecule has 0 aliphatic carbocycles. The minimum absolute atomic E-state index is 0.108. The van der Waals surface area contributed by atoms with Crippen LogP contribution in [0.3, 0.4) is 0 Å². The Balaban J connectivity index is 1.16. The third-order valence-electron chi connectivity index (χ3n) is 6.28. The van der Waals surface area contributed by atoms with Crippen LogP contribution in [0.25, 0.3) is 22.6 Å². The van der Waals surface area contributed by atoms with Crippen molar-refractivity contribution in [3.05, 3.63) is 95.6 Å². The Morgan fingerprint density at radius 1 is 0.914 bits per heavy atom. The van der Waals surface area contributed by atoms with Crippen molar-refractivity contribution in [2.45, 2.75) is 26.3 Å². The zero-order valence-corrected chi connectivity index (χ0v) is 19.9. The van der Waals surface area contributed by atoms with Crippen LogP contribution in [0, 0.1) is 6.92 Å². The van der Waals surface area contributed by atoms with Crippen LogP contribution in [0.15, 0.2) is 77.3 Å². The van der Waals surface area contributed by atoms with Crippen LogP contribution < -0.4 is 0 Å². The van der Waals surface area contributed by atoms with Crippen LogP contribution in [0.2, 0.25) is 0 Å². The molecule has 1 aliphatic heterocycles. The van der Waals surface area contributed by atoms with E-state index in [-0.39, 0.29) is 11.7 Å². The SMILES string of the molecule is Cc1cccc(-c2cnc(C(=O)CCc3ccc(-c4ccc(CN5CCOCC5)cc4)cc3)o2)n1. The van der Waals surface area contributed by atoms with Crippen molar-refractivity contribution >= 4 is 5.78 Å². The molecule has 5 rings (SSSR count). The monoisotopic (exact) mass is 467 g/mol. The molecule has 2 aromatic heterocycles. The Kier molecular flexibility index (Phi) is 7.12. The Hall–Kier alpha value is -3.61. The van der Waals surface area contributed by atoms with Crippen molar-refractivity contribution in [2.75, 3.05) is 26.3 Å². The summed E-state index contributed by atoms with van der Waals surface area (Å²) in [5.74, 6) is 0.540. The molecule has 2 aromatic carbocycles. The molecular formula is C29H29N3O3. The summed E-state index contributed by atoms with van der Waals surface area (Å²) < 4.78 is 11.1. The maximum Gasteiger partial charge on any atom is 0.263 e. The lowest BCUT2D eigenvalue weighted by Crippen LogP contribution is -2.35. The number of aryl methyl sites for hydroxylation is 2. The summed E-state index contributed by atoms with van der Waals surface area (Å²) in [7, 11) is 0. The number of ether oxygens (including phenoxy) is 1. The Bertz CT molecular complexity index is 1270. The highest BCUT2D eigenvalue weighted by atomic mass is 16.5. The van der Waals surface area contributed by atoms with E-state index in [1.807, 2.05) is 25.1 Å². The summed E-state index contributed by atoms with van der Waals surface area (Å²) in [6, 6.07) is 22.8. The maximum absolute atomic E-state index is 12.6. The minimum atomic E-state index is -0.108. The quantitative estimate of drug-likeness (QED) is 0.325. The first-order valence-electron chi connectivity index (χ1n) is 12.1. The minimum Gasteiger partial charge on any atom is -0.432 e. The first-order valence-corrected chi connectivity index (χ1v) is 12.1. The summed E-state index contributed by atoms with van der Waals surface area (Å²) in [6.07, 6.45) is 2.55. The predicted octanol–water partition coefficient (Wildman–Crippen LogP) is 5.36. The number of Topliss-reactive ketones (excluding diaryl/α,β-unsaturated/α-hetero) is 1. The molecule has 4 aromatic rings. The van der Waals surface area contributed by atoms with Crippen LogP contribution in [-0.4, -0.2) is 47.0 Å². The zero-order valence-electron chi connectivity index (χ0n) is 19.9. The summed E-state index contributed by atoms with van der Waals surface area (Å²) in [5.41, 5.74) is 6.36. The van der Waals surface area contributed by atoms with E-state index in [0.29, 0.717) is 24.3 Å². The second-order valence-corrected chi connectivity index (χ2v) is 8.90. The number of pyridine rings is 1. The average molecular weight is 468 g/mol. The first-order chi connectivity index (χ1) is 17.1. The summed E-state index contributed by atoms with van der Waals surface area (Å²) in [6.45, 7) is 6.50. The molecule has 178 valence electrons. The number of hydrogen-bond acceptors (Lipinski definition) is 6. The fraction of sp³-hybridized carbons (Fsp3) is 0.276. The summed E-state index contributed by atoms with van der Waals surface area (Å²) >= 11 is 0. The molecule has 35 heavy (non-hydrogen) atoms. The third-order valence-corrected chi connectivity index (χ3v) is 6.28. The van der Waals surface area contributed by atoms with Gasteiger partial charge in [0.05, 0.1) is 19.4 Å². The number of aromatic nitrogens is 2. The van der Waals surface area contributed by atoms with E-state index in [9.17, 15) is 4.79 Å². The van der Waals surface area contributed by atoms with Crippen molar-refractivity contribution in [3.8, 4) is 22.6 Å². The first kappa shape index (κ1) is 23.1. The van der Waals surface area contributed by atoms with Gasteiger partial charge in [0.25, 0.3) is 5.89 Å². The standard InChI is InChI=1S/C29H29N3O3/c1-21-3-2-4-26(31-21)28-19-30-29(35-28)27(33)14-9-22-5-10-24(11-6-22)25-12-7-23(8-13-25)20-32-15-17-34-18-16-32/h2-8,10-13,19H,9,14-18,20H2,1H3. The molecule has 0 bridgehead atoms. The molecule has 0 spiro atoms. The van der Waals surface area contributed by atoms with Gasteiger partial charge in [-0.05, 0) is 47.7 Å². The van der Waals surface area contributed by atoms with Gasteiger partial charge in [-0.3, -0.25) is 9.69 Å². The average Bonchev–Trinajstić information content (AvgIpc) is 3.40. The van der Waals surface area contributed by atoms with Crippen LogP contribution in [-0.2, 0) is 17.7 Å². The number of benzene rings is 2. The lowest BCUT2D eigenvalue weighted by molar-refractivity contribution is 0.0342. The van der Waals surface area contributed by atoms with E-state index in [4.69, 9.17) is 9.15 Å². The fourth-order valence-corrected chi connectivity index (χ4v) is 4.25. The number of rotatable bonds is 8. The Morgan fingerprint density at radius 2 is 1.60 bits per heavy atom. The molecule has 1 fully saturated rings. The summed E-state index contributed by atoms with van der Waals surface area (Å²) in [4.78, 5) is 23.6. The highest BCUT2D eigenvalue weighted by molar-refractivity contribution is 5.92. The number of carbonyl (C=O) groups excluding carboxylic acids is 1. The molecule has 0 atom stereocenters. The fourth-order valence-electron chi connectivity index (χ4n) is 4.25. The Morgan fingerprint density at radius 3 is 2.29 bits per heavy atom. The largest absolute Gasteiger partial charge is 0.432 e. The van der Waals surface area contributed by atoms with Crippen molar-refractivity contribution in [2.24, 2.45) is 0 Å². The number of morpholine rings is 1. The molecule has 0 radical (unpaired) electrons. The smallest absolute Gasteiger partial charge is 0.263 e. The molecule has 6 heteroatoms. The van der Waals surface area contributed by atoms with Crippen molar-refractivity contribution < 1.29 is 13.9 Å². The van der Waals surface area contributed by atoms with Crippen LogP contribution in [0.1, 0.15) is 33.9 Å². The lowest BCUT2D eigenvalue weighted by atomic mass is 10.0. The van der Waals surface area contributed by atoms with Gasteiger partial charge >= 0.3 is 0 Å². The highest BCUT2D eigenvalue weighted by Gasteiger charge is 2.15. The van der Waals surface area contributed by atoms with Crippen LogP contribution in [0.5, 0.6) is 0 Å². The van der Waals surface area contributed by atoms with Gasteiger partial charge in [0, 0.05) is 31.7 Å². The maximum atomic E-state index is 12.6. The van der Waals surface area contributed by atoms with Gasteiger partial charge in [-0.1, -0.05) is 54.6 Å². The number of carbonyl (C=O) groups is 1. The van der Waals surface area contributed by atoms with Gasteiger partial charge < -0.3 is 9.15 Å². The molecule has 0 saturated carbocycles. The van der Waals surface area contributed by atoms with Crippen LogP contribution in [0.4, 0.5) is 0 Å². The topological polar surface area (TPSA) is 68.5 Å². The van der Waals surface area contributed by atoms with Crippen molar-refractivity contribution in [1.82, 2.24) is 14.9 Å². The molecule has 3 heterocycles. The zero-order chi connectivity index (χ0) is 24.0. The van der Waals surface area contributed by atoms with E-state index >= 15 is 0 Å². The second kappa shape index (κ2) is 10.8. The molecular weight excluding hydrogens is 438 g/mol. The number of hydrogen-bond donors (Lipinski definition) is 0. The molecule has 0 amide bonds. The van der Waals surface area contributed by atoms with E-state index in [2.05, 4.69) is 63.4 Å². The number of oxazole rings is 1. The van der Waals surface area contributed by atoms with Gasteiger partial charge in [0.15, 0.2) is 5.76 Å². The highest BCUT2D eigenvalue weighted by Crippen LogP contribution is 2.23. The van der Waals surface area contributed by atoms with Gasteiger partial charge in [0.2, 0.25) is 5.78 Å². The van der Waals surface area contributed by atoms with Gasteiger partial charge in [-0.2, -0.15) is 0 Å². The molecule has 6 nitrogen and oxygen atoms in total. The second-order valence-electron chi connectivity index (χ2n) is 8.90. The van der Waals surface area contributed by atoms with E-state index in [1.54, 1.807) is 6.20 Å². The van der Waals surface area contributed by atoms with E-state index in [0.717, 1.165) is 44.1 Å². The number of nitrogens with zero attached hydrogens (tertiary/aromatic N) is 3. The predicted molar refractivity (Wildman–Crippen MR) is 135 cm³/mol. The van der Waals surface area contributed by atoms with E-state index in [1.165, 1.54) is 16.7 Å². The van der Waals surface area contributed by atoms with Crippen LogP contribution >= 0.6 is 0 Å². The normalized spacial score (nSPS) is 14.2. The Labute approximate surface area is 205 Å². The summed E-state index contributed by atoms with van der Waals surface area (Å²) in [5, 5.41) is 0. The number of ketones is 1. The molecule has 1 saturated heterocycles. The van der Waals surface area contributed by atoms with Gasteiger partial charge in [0.1, 0.15) is 5.69 Å². The van der Waals surface area contributed by atoms with Gasteiger partial charge in [-0.25, -0.2) is 9.97 Å². The third kappa shape index (κ3) is 5.91. The molecule has 1 aliphatic rings. The lowest BCUT2D eigenvalue weighted by Gasteiger charge is -2.26. The van der Waals surface area contributed by atoms with Gasteiger partial charge in [-0.15, -0.1) is 0 Å². The van der Waals surface area contributed by atoms with E-state index < -0.39 is 0 Å². The molecule has 0 N–H and O–H groups in total. The molecule has 0 unspecified atom stereocenters. The van der Waals surface area contributed by atoms with Crippen molar-refractivity contribution in [1.29, 1.82) is 0 Å².